The summed E-state index contributed by atoms with van der Waals surface area (Å²) >= 11 is 3.44. The third kappa shape index (κ3) is 6.10. The topological polar surface area (TPSA) is 107 Å². The summed E-state index contributed by atoms with van der Waals surface area (Å²) in [5, 5.41) is 32.0. The largest absolute Gasteiger partial charge is 0.507 e. The van der Waals surface area contributed by atoms with Crippen molar-refractivity contribution in [3.05, 3.63) is 45.0 Å². The van der Waals surface area contributed by atoms with Crippen molar-refractivity contribution in [2.75, 3.05) is 26.9 Å². The third-order valence-corrected chi connectivity index (χ3v) is 7.75. The lowest BCUT2D eigenvalue weighted by atomic mass is 9.68. The number of carbonyl (C=O) groups excluding carboxylic acids is 2. The number of hydrogen-bond acceptors (Lipinski definition) is 6. The predicted octanol–water partition coefficient (Wildman–Crippen LogP) is 4.45. The van der Waals surface area contributed by atoms with Gasteiger partial charge >= 0.3 is 0 Å². The number of hydrogen-bond donors (Lipinski definition) is 3. The molecule has 4 atom stereocenters. The van der Waals surface area contributed by atoms with Gasteiger partial charge < -0.3 is 20.1 Å². The highest BCUT2D eigenvalue weighted by Crippen LogP contribution is 2.46. The van der Waals surface area contributed by atoms with Gasteiger partial charge in [0, 0.05) is 29.6 Å². The number of carbonyl (C=O) groups is 2. The monoisotopic (exact) mass is 563 g/mol. The van der Waals surface area contributed by atoms with Crippen LogP contribution < -0.4 is 0 Å². The minimum Gasteiger partial charge on any atom is -0.507 e. The second kappa shape index (κ2) is 13.0. The van der Waals surface area contributed by atoms with Crippen LogP contribution in [0.1, 0.15) is 57.9 Å². The number of aliphatic hydroxyl groups excluding tert-OH is 2. The molecule has 3 rings (SSSR count). The van der Waals surface area contributed by atoms with Gasteiger partial charge in [0.2, 0.25) is 11.8 Å². The number of ether oxygens (including phenoxy) is 1. The molecule has 0 aromatic heterocycles. The fourth-order valence-electron chi connectivity index (χ4n) is 5.70. The zero-order valence-electron chi connectivity index (χ0n) is 21.4. The molecule has 1 aliphatic heterocycles. The van der Waals surface area contributed by atoms with Crippen molar-refractivity contribution in [3.63, 3.8) is 0 Å². The van der Waals surface area contributed by atoms with E-state index >= 15 is 0 Å². The first-order valence-corrected chi connectivity index (χ1v) is 13.6. The Morgan fingerprint density at radius 3 is 2.61 bits per heavy atom. The van der Waals surface area contributed by atoms with E-state index in [1.807, 2.05) is 19.1 Å². The van der Waals surface area contributed by atoms with E-state index < -0.39 is 23.9 Å². The van der Waals surface area contributed by atoms with E-state index in [1.54, 1.807) is 19.2 Å². The maximum atomic E-state index is 13.2. The Kier molecular flexibility index (Phi) is 10.3. The van der Waals surface area contributed by atoms with Gasteiger partial charge in [-0.25, -0.2) is 0 Å². The van der Waals surface area contributed by atoms with E-state index in [0.717, 1.165) is 28.5 Å². The number of allylic oxidation sites excluding steroid dienone is 1. The maximum absolute atomic E-state index is 13.2. The Bertz CT molecular complexity index is 1020. The maximum Gasteiger partial charge on any atom is 0.233 e. The van der Waals surface area contributed by atoms with Gasteiger partial charge in [-0.1, -0.05) is 47.8 Å². The van der Waals surface area contributed by atoms with Gasteiger partial charge in [0.1, 0.15) is 5.75 Å². The highest BCUT2D eigenvalue weighted by molar-refractivity contribution is 9.10. The van der Waals surface area contributed by atoms with Crippen LogP contribution >= 0.6 is 15.9 Å². The lowest BCUT2D eigenvalue weighted by Gasteiger charge is -2.36. The van der Waals surface area contributed by atoms with Crippen LogP contribution in [0.5, 0.6) is 5.75 Å². The predicted molar refractivity (Wildman–Crippen MR) is 142 cm³/mol. The van der Waals surface area contributed by atoms with Crippen molar-refractivity contribution < 1.29 is 29.6 Å². The second-order valence-electron chi connectivity index (χ2n) is 9.76. The Morgan fingerprint density at radius 2 is 1.97 bits per heavy atom. The molecule has 0 saturated carbocycles. The molecule has 1 heterocycles. The van der Waals surface area contributed by atoms with Gasteiger partial charge in [0.25, 0.3) is 0 Å². The van der Waals surface area contributed by atoms with Crippen molar-refractivity contribution in [1.82, 2.24) is 4.90 Å². The highest BCUT2D eigenvalue weighted by atomic mass is 79.9. The van der Waals surface area contributed by atoms with E-state index in [0.29, 0.717) is 43.4 Å². The molecule has 0 radical (unpaired) electrons. The van der Waals surface area contributed by atoms with Gasteiger partial charge in [-0.15, -0.1) is 0 Å². The number of amides is 2. The van der Waals surface area contributed by atoms with Crippen molar-refractivity contribution >= 4 is 33.8 Å². The zero-order chi connectivity index (χ0) is 26.4. The van der Waals surface area contributed by atoms with Crippen LogP contribution in [0.25, 0.3) is 6.08 Å². The number of methoxy groups -OCH3 is 1. The number of phenolic OH excluding ortho intramolecular Hbond substituents is 1. The van der Waals surface area contributed by atoms with Crippen LogP contribution in [0.4, 0.5) is 0 Å². The Balaban J connectivity index is 1.87. The average molecular weight is 565 g/mol. The van der Waals surface area contributed by atoms with Gasteiger partial charge in [-0.3, -0.25) is 14.5 Å². The number of halogens is 1. The molecule has 1 aromatic carbocycles. The number of likely N-dealkylation sites (tertiary alicyclic amines) is 1. The molecule has 2 amide bonds. The molecule has 36 heavy (non-hydrogen) atoms. The van der Waals surface area contributed by atoms with Crippen LogP contribution in [0.15, 0.2) is 39.4 Å². The van der Waals surface area contributed by atoms with E-state index in [1.165, 1.54) is 4.90 Å². The number of rotatable bonds is 12. The first-order chi connectivity index (χ1) is 17.3. The molecule has 0 spiro atoms. The smallest absolute Gasteiger partial charge is 0.233 e. The molecule has 7 nitrogen and oxygen atoms in total. The van der Waals surface area contributed by atoms with Crippen LogP contribution in [0, 0.1) is 17.8 Å². The SMILES string of the molecule is CCC/C(=C\c1cc(Br)ccc1O)CC[C@@H](O)C1=C(COC)C[C@H]2C(=O)N(CCC)C(=O)[C@H]2[C@H]1CO. The molecule has 0 unspecified atom stereocenters. The Hall–Kier alpha value is -2.00. The molecule has 1 aliphatic carbocycles. The summed E-state index contributed by atoms with van der Waals surface area (Å²) in [5.74, 6) is -2.02. The molecular formula is C28H38BrNO6. The number of fused-ring (bicyclic) bond motifs is 1. The summed E-state index contributed by atoms with van der Waals surface area (Å²) in [4.78, 5) is 27.5. The van der Waals surface area contributed by atoms with Crippen LogP contribution in [0.2, 0.25) is 0 Å². The Labute approximate surface area is 222 Å². The summed E-state index contributed by atoms with van der Waals surface area (Å²) in [6.45, 7) is 4.30. The molecule has 1 aromatic rings. The summed E-state index contributed by atoms with van der Waals surface area (Å²) in [6.07, 6.45) is 4.83. The molecule has 1 fully saturated rings. The first-order valence-electron chi connectivity index (χ1n) is 12.8. The van der Waals surface area contributed by atoms with Crippen LogP contribution in [0.3, 0.4) is 0 Å². The molecule has 0 bridgehead atoms. The lowest BCUT2D eigenvalue weighted by molar-refractivity contribution is -0.140. The van der Waals surface area contributed by atoms with Gasteiger partial charge in [-0.2, -0.15) is 0 Å². The van der Waals surface area contributed by atoms with E-state index in [9.17, 15) is 24.9 Å². The number of benzene rings is 1. The zero-order valence-corrected chi connectivity index (χ0v) is 23.0. The van der Waals surface area contributed by atoms with Gasteiger partial charge in [0.05, 0.1) is 31.2 Å². The van der Waals surface area contributed by atoms with Crippen molar-refractivity contribution in [2.24, 2.45) is 17.8 Å². The quantitative estimate of drug-likeness (QED) is 0.256. The second-order valence-corrected chi connectivity index (χ2v) is 10.7. The summed E-state index contributed by atoms with van der Waals surface area (Å²) < 4.78 is 6.27. The standard InChI is InChI=1S/C28H38BrNO6/c1-4-6-17(12-18-13-20(29)8-10-23(18)32)7-9-24(33)25-19(16-36-3)14-21-26(22(25)15-31)28(35)30(11-5-2)27(21)34/h8,10,12-13,21-22,24,26,31-33H,4-7,9,11,14-16H2,1-3H3/b17-12+/t21-,22+,24-,26-/m1/s1. The minimum atomic E-state index is -0.882. The van der Waals surface area contributed by atoms with Crippen LogP contribution in [-0.4, -0.2) is 65.0 Å². The molecule has 198 valence electrons. The minimum absolute atomic E-state index is 0.186. The highest BCUT2D eigenvalue weighted by Gasteiger charge is 2.54. The van der Waals surface area contributed by atoms with E-state index in [4.69, 9.17) is 4.74 Å². The third-order valence-electron chi connectivity index (χ3n) is 7.26. The normalized spacial score (nSPS) is 23.4. The number of aliphatic hydroxyl groups is 2. The van der Waals surface area contributed by atoms with Crippen molar-refractivity contribution in [3.8, 4) is 5.75 Å². The number of phenols is 1. The molecule has 3 N–H and O–H groups in total. The van der Waals surface area contributed by atoms with Gasteiger partial charge in [0.15, 0.2) is 0 Å². The molecule has 8 heteroatoms. The fraction of sp³-hybridized carbons (Fsp3) is 0.571. The lowest BCUT2D eigenvalue weighted by Crippen LogP contribution is -2.39. The molecular weight excluding hydrogens is 526 g/mol. The van der Waals surface area contributed by atoms with Crippen molar-refractivity contribution in [1.29, 1.82) is 0 Å². The number of imide groups is 1. The summed E-state index contributed by atoms with van der Waals surface area (Å²) in [6, 6.07) is 5.28. The Morgan fingerprint density at radius 1 is 1.22 bits per heavy atom. The molecule has 2 aliphatic rings. The number of nitrogens with zero attached hydrogens (tertiary/aromatic N) is 1. The van der Waals surface area contributed by atoms with E-state index in [-0.39, 0.29) is 30.8 Å². The fourth-order valence-corrected chi connectivity index (χ4v) is 6.08. The summed E-state index contributed by atoms with van der Waals surface area (Å²) in [7, 11) is 1.56. The average Bonchev–Trinajstić information content (AvgIpc) is 3.08. The first kappa shape index (κ1) is 28.6. The van der Waals surface area contributed by atoms with Gasteiger partial charge in [-0.05, 0) is 61.4 Å². The van der Waals surface area contributed by atoms with Crippen molar-refractivity contribution in [2.45, 2.75) is 58.5 Å². The molecule has 1 saturated heterocycles. The number of aromatic hydroxyl groups is 1. The summed E-state index contributed by atoms with van der Waals surface area (Å²) in [5.41, 5.74) is 3.24. The van der Waals surface area contributed by atoms with Crippen LogP contribution in [-0.2, 0) is 14.3 Å². The van der Waals surface area contributed by atoms with E-state index in [2.05, 4.69) is 22.9 Å².